The van der Waals surface area contributed by atoms with Crippen molar-refractivity contribution < 1.29 is 9.53 Å². The van der Waals surface area contributed by atoms with Crippen molar-refractivity contribution >= 4 is 30.7 Å². The summed E-state index contributed by atoms with van der Waals surface area (Å²) in [6.45, 7) is 9.51. The normalized spacial score (nSPS) is 25.3. The number of halogens is 2. The fourth-order valence-corrected chi connectivity index (χ4v) is 2.84. The highest BCUT2D eigenvalue weighted by atomic mass is 35.5. The van der Waals surface area contributed by atoms with Gasteiger partial charge in [0.2, 0.25) is 5.91 Å². The minimum absolute atomic E-state index is 0. The van der Waals surface area contributed by atoms with E-state index < -0.39 is 0 Å². The molecule has 2 heterocycles. The Morgan fingerprint density at radius 3 is 2.76 bits per heavy atom. The molecule has 5 nitrogen and oxygen atoms in total. The minimum Gasteiger partial charge on any atom is -0.373 e. The number of hydrogen-bond acceptors (Lipinski definition) is 4. The molecule has 0 bridgehead atoms. The van der Waals surface area contributed by atoms with Crippen LogP contribution in [0.4, 0.5) is 0 Å². The minimum atomic E-state index is -0.0623. The zero-order chi connectivity index (χ0) is 13.7. The number of nitrogens with zero attached hydrogens (tertiary/aromatic N) is 1. The Kier molecular flexibility index (Phi) is 9.81. The Morgan fingerprint density at radius 2 is 2.14 bits per heavy atom. The third-order valence-corrected chi connectivity index (χ3v) is 3.86. The zero-order valence-electron chi connectivity index (χ0n) is 13.0. The molecule has 1 amide bonds. The van der Waals surface area contributed by atoms with Crippen molar-refractivity contribution in [2.24, 2.45) is 0 Å². The Morgan fingerprint density at radius 1 is 1.38 bits per heavy atom. The topological polar surface area (TPSA) is 53.6 Å². The largest absolute Gasteiger partial charge is 0.373 e. The van der Waals surface area contributed by atoms with Crippen LogP contribution in [0.1, 0.15) is 33.1 Å². The molecule has 2 aliphatic heterocycles. The standard InChI is InChI=1S/C14H27N3O2.2ClH/c1-14(2)11-17(9-10-19-14)8-7-16-13(18)12-5-3-4-6-15-12;;/h12,15H,3-11H2,1-2H3,(H,16,18);2*1H/t12-;;/m1../s1. The lowest BCUT2D eigenvalue weighted by atomic mass is 10.0. The molecule has 2 fully saturated rings. The van der Waals surface area contributed by atoms with E-state index in [4.69, 9.17) is 4.74 Å². The molecule has 0 aromatic rings. The van der Waals surface area contributed by atoms with Gasteiger partial charge in [-0.3, -0.25) is 9.69 Å². The van der Waals surface area contributed by atoms with Crippen LogP contribution in [0.15, 0.2) is 0 Å². The maximum Gasteiger partial charge on any atom is 0.237 e. The van der Waals surface area contributed by atoms with Crippen molar-refractivity contribution in [2.75, 3.05) is 39.3 Å². The van der Waals surface area contributed by atoms with Crippen molar-refractivity contribution in [3.63, 3.8) is 0 Å². The Labute approximate surface area is 140 Å². The smallest absolute Gasteiger partial charge is 0.237 e. The summed E-state index contributed by atoms with van der Waals surface area (Å²) >= 11 is 0. The molecule has 7 heteroatoms. The van der Waals surface area contributed by atoms with E-state index in [0.717, 1.165) is 52.2 Å². The average Bonchev–Trinajstić information content (AvgIpc) is 2.38. The number of amides is 1. The molecule has 0 spiro atoms. The fraction of sp³-hybridized carbons (Fsp3) is 0.929. The second kappa shape index (κ2) is 9.85. The van der Waals surface area contributed by atoms with Gasteiger partial charge in [0.1, 0.15) is 0 Å². The van der Waals surface area contributed by atoms with Gasteiger partial charge in [0, 0.05) is 26.2 Å². The molecular weight excluding hydrogens is 313 g/mol. The average molecular weight is 342 g/mol. The summed E-state index contributed by atoms with van der Waals surface area (Å²) in [6.07, 6.45) is 3.31. The van der Waals surface area contributed by atoms with Gasteiger partial charge in [-0.2, -0.15) is 0 Å². The van der Waals surface area contributed by atoms with Crippen molar-refractivity contribution in [1.29, 1.82) is 0 Å². The molecule has 0 aromatic carbocycles. The van der Waals surface area contributed by atoms with Gasteiger partial charge in [-0.15, -0.1) is 24.8 Å². The van der Waals surface area contributed by atoms with E-state index in [1.165, 1.54) is 6.42 Å². The number of morpholine rings is 1. The predicted molar refractivity (Wildman–Crippen MR) is 89.6 cm³/mol. The molecular formula is C14H29Cl2N3O2. The summed E-state index contributed by atoms with van der Waals surface area (Å²) in [5, 5.41) is 6.32. The first-order valence-electron chi connectivity index (χ1n) is 7.44. The summed E-state index contributed by atoms with van der Waals surface area (Å²) in [5.74, 6) is 0.159. The van der Waals surface area contributed by atoms with Gasteiger partial charge in [0.05, 0.1) is 18.2 Å². The molecule has 0 radical (unpaired) electrons. The highest BCUT2D eigenvalue weighted by molar-refractivity contribution is 5.85. The van der Waals surface area contributed by atoms with Crippen LogP contribution in [0.2, 0.25) is 0 Å². The van der Waals surface area contributed by atoms with Gasteiger partial charge in [-0.05, 0) is 33.2 Å². The molecule has 1 atom stereocenters. The van der Waals surface area contributed by atoms with Crippen LogP contribution >= 0.6 is 24.8 Å². The van der Waals surface area contributed by atoms with Crippen LogP contribution in [0.5, 0.6) is 0 Å². The van der Waals surface area contributed by atoms with Crippen LogP contribution in [0.3, 0.4) is 0 Å². The summed E-state index contributed by atoms with van der Waals surface area (Å²) in [5.41, 5.74) is -0.0623. The second-order valence-electron chi connectivity index (χ2n) is 6.18. The molecule has 0 unspecified atom stereocenters. The van der Waals surface area contributed by atoms with Crippen LogP contribution in [0, 0.1) is 0 Å². The molecule has 0 aliphatic carbocycles. The first kappa shape index (κ1) is 20.9. The molecule has 2 saturated heterocycles. The Hall–Kier alpha value is -0.0700. The van der Waals surface area contributed by atoms with E-state index in [0.29, 0.717) is 0 Å². The number of carbonyl (C=O) groups excluding carboxylic acids is 1. The third kappa shape index (κ3) is 7.15. The van der Waals surface area contributed by atoms with Crippen LogP contribution < -0.4 is 10.6 Å². The van der Waals surface area contributed by atoms with Gasteiger partial charge in [0.15, 0.2) is 0 Å². The lowest BCUT2D eigenvalue weighted by Gasteiger charge is -2.38. The second-order valence-corrected chi connectivity index (χ2v) is 6.18. The molecule has 126 valence electrons. The van der Waals surface area contributed by atoms with E-state index in [9.17, 15) is 4.79 Å². The zero-order valence-corrected chi connectivity index (χ0v) is 14.7. The molecule has 21 heavy (non-hydrogen) atoms. The lowest BCUT2D eigenvalue weighted by Crippen LogP contribution is -2.52. The van der Waals surface area contributed by atoms with Gasteiger partial charge in [-0.25, -0.2) is 0 Å². The van der Waals surface area contributed by atoms with Gasteiger partial charge >= 0.3 is 0 Å². The molecule has 0 saturated carbocycles. The number of piperidine rings is 1. The summed E-state index contributed by atoms with van der Waals surface area (Å²) < 4.78 is 5.68. The van der Waals surface area contributed by atoms with Crippen LogP contribution in [-0.2, 0) is 9.53 Å². The van der Waals surface area contributed by atoms with Crippen LogP contribution in [0.25, 0.3) is 0 Å². The van der Waals surface area contributed by atoms with E-state index in [1.54, 1.807) is 0 Å². The fourth-order valence-electron chi connectivity index (χ4n) is 2.84. The number of ether oxygens (including phenoxy) is 1. The molecule has 2 N–H and O–H groups in total. The summed E-state index contributed by atoms with van der Waals surface area (Å²) in [6, 6.07) is 0.0230. The maximum absolute atomic E-state index is 12.0. The quantitative estimate of drug-likeness (QED) is 0.806. The first-order valence-corrected chi connectivity index (χ1v) is 7.44. The molecule has 0 aromatic heterocycles. The third-order valence-electron chi connectivity index (χ3n) is 3.86. The first-order chi connectivity index (χ1) is 9.07. The Balaban J connectivity index is 0.00000200. The summed E-state index contributed by atoms with van der Waals surface area (Å²) in [7, 11) is 0. The number of carbonyl (C=O) groups is 1. The molecule has 2 aliphatic rings. The SMILES string of the molecule is CC1(C)CN(CCNC(=O)[C@H]2CCCCN2)CCO1.Cl.Cl. The van der Waals surface area contributed by atoms with Crippen LogP contribution in [-0.4, -0.2) is 61.8 Å². The van der Waals surface area contributed by atoms with E-state index in [-0.39, 0.29) is 42.4 Å². The van der Waals surface area contributed by atoms with Crippen molar-refractivity contribution in [2.45, 2.75) is 44.8 Å². The summed E-state index contributed by atoms with van der Waals surface area (Å²) in [4.78, 5) is 14.3. The Bertz CT molecular complexity index is 311. The van der Waals surface area contributed by atoms with Crippen molar-refractivity contribution in [1.82, 2.24) is 15.5 Å². The van der Waals surface area contributed by atoms with E-state index in [1.807, 2.05) is 0 Å². The number of nitrogens with one attached hydrogen (secondary N) is 2. The highest BCUT2D eigenvalue weighted by Crippen LogP contribution is 2.15. The van der Waals surface area contributed by atoms with Crippen molar-refractivity contribution in [3.8, 4) is 0 Å². The van der Waals surface area contributed by atoms with Gasteiger partial charge < -0.3 is 15.4 Å². The number of rotatable bonds is 4. The monoisotopic (exact) mass is 341 g/mol. The van der Waals surface area contributed by atoms with Gasteiger partial charge in [-0.1, -0.05) is 6.42 Å². The maximum atomic E-state index is 12.0. The van der Waals surface area contributed by atoms with E-state index in [2.05, 4.69) is 29.4 Å². The molecule has 2 rings (SSSR count). The highest BCUT2D eigenvalue weighted by Gasteiger charge is 2.27. The van der Waals surface area contributed by atoms with E-state index >= 15 is 0 Å². The lowest BCUT2D eigenvalue weighted by molar-refractivity contribution is -0.123. The predicted octanol–water partition coefficient (Wildman–Crippen LogP) is 1.20. The van der Waals surface area contributed by atoms with Gasteiger partial charge in [0.25, 0.3) is 0 Å². The van der Waals surface area contributed by atoms with Crippen molar-refractivity contribution in [3.05, 3.63) is 0 Å². The number of hydrogen-bond donors (Lipinski definition) is 2.